The second-order valence-corrected chi connectivity index (χ2v) is 20.5. The fourth-order valence-electron chi connectivity index (χ4n) is 13.9. The SMILES string of the molecule is CC(C)=CC[C@@H]1OC2(O)[C@@H]([C@H]3CC[C@@H]4[C@@]5(C)CC[C@H](O[C@@H]6O[C@H](CO[C@@H]7O[C@@H](C)[C@H](O)[C@@H](O)[C@H]7O)[C@@H](O)[C@H](O)[C@H]6O)C(C)(C)[C@@H]5CC[C@@]4(C)[C@]3(C)[C@H]2O)[C@@]1(C)O. The van der Waals surface area contributed by atoms with Gasteiger partial charge in [-0.1, -0.05) is 46.3 Å². The average Bonchev–Trinajstić information content (AvgIpc) is 3.44. The van der Waals surface area contributed by atoms with Crippen LogP contribution < -0.4 is 0 Å². The molecule has 4 saturated carbocycles. The highest BCUT2D eigenvalue weighted by Gasteiger charge is 2.81. The van der Waals surface area contributed by atoms with E-state index in [1.54, 1.807) is 6.92 Å². The zero-order valence-corrected chi connectivity index (χ0v) is 34.6. The second kappa shape index (κ2) is 14.4. The van der Waals surface area contributed by atoms with E-state index in [1.165, 1.54) is 6.92 Å². The molecule has 0 spiro atoms. The number of allylic oxidation sites excluding steroid dienone is 1. The Morgan fingerprint density at radius 2 is 1.38 bits per heavy atom. The van der Waals surface area contributed by atoms with Crippen molar-refractivity contribution in [2.75, 3.05) is 6.61 Å². The molecule has 0 aromatic heterocycles. The Bertz CT molecular complexity index is 1490. The third-order valence-electron chi connectivity index (χ3n) is 17.1. The lowest BCUT2D eigenvalue weighted by molar-refractivity contribution is -0.345. The van der Waals surface area contributed by atoms with Crippen LogP contribution in [0.25, 0.3) is 0 Å². The summed E-state index contributed by atoms with van der Waals surface area (Å²) >= 11 is 0. The van der Waals surface area contributed by atoms with Gasteiger partial charge in [-0.15, -0.1) is 0 Å². The summed E-state index contributed by atoms with van der Waals surface area (Å²) < 4.78 is 30.2. The standard InChI is InChI=1S/C42H70O14/c1-19(2)10-13-26-41(9,50)33-21-11-12-24-38(6)16-15-25(37(4,5)23(38)14-17-39(24,7)40(21,8)36(49)42(33,51)56-26)55-35-32(48)30(46)28(44)22(54-35)18-52-34-31(47)29(45)27(43)20(3)53-34/h10,20-36,43-51H,11-18H2,1-9H3/t20-,21+,22+,23-,24+,25-,26-,27-,28+,29+,30-,31+,32+,33-,34+,35-,36+,38-,39+,40-,41-,42?/m0/s1. The van der Waals surface area contributed by atoms with Gasteiger partial charge in [-0.3, -0.25) is 0 Å². The maximum atomic E-state index is 12.4. The fraction of sp³-hybridized carbons (Fsp3) is 0.952. The molecule has 3 saturated heterocycles. The van der Waals surface area contributed by atoms with E-state index in [0.717, 1.165) is 37.7 Å². The van der Waals surface area contributed by atoms with E-state index in [2.05, 4.69) is 34.6 Å². The van der Waals surface area contributed by atoms with Gasteiger partial charge in [-0.2, -0.15) is 0 Å². The Morgan fingerprint density at radius 3 is 2.04 bits per heavy atom. The highest BCUT2D eigenvalue weighted by atomic mass is 16.7. The lowest BCUT2D eigenvalue weighted by Gasteiger charge is -2.70. The number of hydrogen-bond acceptors (Lipinski definition) is 14. The average molecular weight is 799 g/mol. The first-order valence-electron chi connectivity index (χ1n) is 21.0. The third kappa shape index (κ3) is 6.09. The summed E-state index contributed by atoms with van der Waals surface area (Å²) in [5.41, 5.74) is -1.94. The monoisotopic (exact) mass is 798 g/mol. The molecule has 0 radical (unpaired) electrons. The van der Waals surface area contributed by atoms with Crippen molar-refractivity contribution < 1.29 is 69.6 Å². The van der Waals surface area contributed by atoms with E-state index in [0.29, 0.717) is 12.8 Å². The van der Waals surface area contributed by atoms with Crippen LogP contribution in [0.3, 0.4) is 0 Å². The van der Waals surface area contributed by atoms with Gasteiger partial charge in [-0.05, 0) is 107 Å². The van der Waals surface area contributed by atoms with Gasteiger partial charge in [0.25, 0.3) is 0 Å². The van der Waals surface area contributed by atoms with E-state index in [4.69, 9.17) is 23.7 Å². The van der Waals surface area contributed by atoms with Crippen molar-refractivity contribution in [3.63, 3.8) is 0 Å². The van der Waals surface area contributed by atoms with Crippen LogP contribution in [0.4, 0.5) is 0 Å². The van der Waals surface area contributed by atoms with E-state index in [-0.39, 0.29) is 41.3 Å². The predicted molar refractivity (Wildman–Crippen MR) is 200 cm³/mol. The summed E-state index contributed by atoms with van der Waals surface area (Å²) in [5.74, 6) is -2.29. The van der Waals surface area contributed by atoms with Crippen LogP contribution in [0.15, 0.2) is 11.6 Å². The molecule has 3 aliphatic heterocycles. The molecule has 4 aliphatic carbocycles. The minimum atomic E-state index is -1.86. The minimum Gasteiger partial charge on any atom is -0.388 e. The van der Waals surface area contributed by atoms with Gasteiger partial charge in [0.05, 0.1) is 36.4 Å². The first-order chi connectivity index (χ1) is 25.9. The molecular formula is C42H70O14. The number of rotatable bonds is 7. The van der Waals surface area contributed by atoms with Crippen LogP contribution in [0, 0.1) is 45.3 Å². The van der Waals surface area contributed by atoms with Crippen molar-refractivity contribution in [1.29, 1.82) is 0 Å². The molecule has 7 aliphatic rings. The van der Waals surface area contributed by atoms with Crippen LogP contribution >= 0.6 is 0 Å². The van der Waals surface area contributed by atoms with Crippen LogP contribution in [-0.4, -0.2) is 144 Å². The van der Waals surface area contributed by atoms with Crippen LogP contribution in [-0.2, 0) is 23.7 Å². The molecule has 9 N–H and O–H groups in total. The summed E-state index contributed by atoms with van der Waals surface area (Å²) in [4.78, 5) is 0. The first kappa shape index (κ1) is 43.3. The number of hydrogen-bond donors (Lipinski definition) is 9. The van der Waals surface area contributed by atoms with Gasteiger partial charge in [0, 0.05) is 5.41 Å². The molecule has 7 fully saturated rings. The zero-order valence-electron chi connectivity index (χ0n) is 34.6. The van der Waals surface area contributed by atoms with Crippen molar-refractivity contribution in [3.05, 3.63) is 11.6 Å². The molecule has 1 unspecified atom stereocenters. The van der Waals surface area contributed by atoms with Gasteiger partial charge in [-0.25, -0.2) is 0 Å². The van der Waals surface area contributed by atoms with Gasteiger partial charge >= 0.3 is 0 Å². The molecule has 14 heteroatoms. The van der Waals surface area contributed by atoms with E-state index >= 15 is 0 Å². The highest BCUT2D eigenvalue weighted by Crippen LogP contribution is 2.78. The molecular weight excluding hydrogens is 728 g/mol. The molecule has 7 rings (SSSR count). The van der Waals surface area contributed by atoms with Crippen molar-refractivity contribution in [3.8, 4) is 0 Å². The Morgan fingerprint density at radius 1 is 0.732 bits per heavy atom. The molecule has 0 aromatic rings. The number of aliphatic hydroxyl groups is 9. The predicted octanol–water partition coefficient (Wildman–Crippen LogP) is 1.48. The Kier molecular flexibility index (Phi) is 11.1. The third-order valence-corrected chi connectivity index (χ3v) is 17.1. The highest BCUT2D eigenvalue weighted by molar-refractivity contribution is 5.27. The lowest BCUT2D eigenvalue weighted by Crippen LogP contribution is -2.67. The second-order valence-electron chi connectivity index (χ2n) is 20.5. The van der Waals surface area contributed by atoms with E-state index in [1.807, 2.05) is 19.9 Å². The van der Waals surface area contributed by atoms with E-state index < -0.39 is 102 Å². The topological polar surface area (TPSA) is 228 Å². The van der Waals surface area contributed by atoms with Crippen LogP contribution in [0.2, 0.25) is 0 Å². The smallest absolute Gasteiger partial charge is 0.198 e. The Balaban J connectivity index is 1.07. The summed E-state index contributed by atoms with van der Waals surface area (Å²) in [7, 11) is 0. The van der Waals surface area contributed by atoms with E-state index in [9.17, 15) is 46.0 Å². The van der Waals surface area contributed by atoms with Crippen LogP contribution in [0.5, 0.6) is 0 Å². The van der Waals surface area contributed by atoms with Gasteiger partial charge < -0.3 is 69.6 Å². The molecule has 0 amide bonds. The number of ether oxygens (including phenoxy) is 5. The molecule has 14 nitrogen and oxygen atoms in total. The van der Waals surface area contributed by atoms with Crippen molar-refractivity contribution >= 4 is 0 Å². The van der Waals surface area contributed by atoms with Crippen molar-refractivity contribution in [2.45, 2.75) is 198 Å². The summed E-state index contributed by atoms with van der Waals surface area (Å²) in [6, 6.07) is 0. The lowest BCUT2D eigenvalue weighted by atomic mass is 9.35. The maximum Gasteiger partial charge on any atom is 0.198 e. The van der Waals surface area contributed by atoms with Gasteiger partial charge in [0.1, 0.15) is 48.8 Å². The Hall–Kier alpha value is -0.820. The van der Waals surface area contributed by atoms with Crippen LogP contribution in [0.1, 0.15) is 107 Å². The molecule has 322 valence electrons. The number of aliphatic hydroxyl groups excluding tert-OH is 7. The Labute approximate surface area is 331 Å². The largest absolute Gasteiger partial charge is 0.388 e. The normalized spacial score (nSPS) is 57.8. The molecule has 3 heterocycles. The minimum absolute atomic E-state index is 0.153. The number of fused-ring (bicyclic) bond motifs is 7. The van der Waals surface area contributed by atoms with Gasteiger partial charge in [0.15, 0.2) is 18.4 Å². The maximum absolute atomic E-state index is 12.4. The van der Waals surface area contributed by atoms with Crippen molar-refractivity contribution in [2.24, 2.45) is 45.3 Å². The first-order valence-corrected chi connectivity index (χ1v) is 21.0. The molecule has 56 heavy (non-hydrogen) atoms. The zero-order chi connectivity index (χ0) is 41.3. The van der Waals surface area contributed by atoms with Gasteiger partial charge in [0.2, 0.25) is 0 Å². The van der Waals surface area contributed by atoms with Crippen molar-refractivity contribution in [1.82, 2.24) is 0 Å². The summed E-state index contributed by atoms with van der Waals surface area (Å²) in [6.07, 6.45) is -8.84. The quantitative estimate of drug-likeness (QED) is 0.131. The molecule has 0 aromatic carbocycles. The summed E-state index contributed by atoms with van der Waals surface area (Å²) in [5, 5.41) is 100. The molecule has 0 bridgehead atoms. The summed E-state index contributed by atoms with van der Waals surface area (Å²) in [6.45, 7) is 18.0. The fourth-order valence-corrected chi connectivity index (χ4v) is 13.9. The molecule has 22 atom stereocenters.